The molecule has 5 nitrogen and oxygen atoms in total. The lowest BCUT2D eigenvalue weighted by Gasteiger charge is -2.30. The van der Waals surface area contributed by atoms with Crippen LogP contribution in [0.2, 0.25) is 0 Å². The van der Waals surface area contributed by atoms with Crippen LogP contribution in [0.5, 0.6) is 11.5 Å². The topological polar surface area (TPSA) is 62.3 Å². The summed E-state index contributed by atoms with van der Waals surface area (Å²) in [5.74, 6) is 1.49. The Labute approximate surface area is 119 Å². The van der Waals surface area contributed by atoms with Crippen LogP contribution >= 0.6 is 15.9 Å². The second-order valence-electron chi connectivity index (χ2n) is 4.44. The fraction of sp³-hybridized carbons (Fsp3) is 0.308. The molecule has 2 atom stereocenters. The third-order valence-corrected chi connectivity index (χ3v) is 3.80. The number of fused-ring (bicyclic) bond motifs is 1. The highest BCUT2D eigenvalue weighted by molar-refractivity contribution is 9.10. The van der Waals surface area contributed by atoms with Gasteiger partial charge in [-0.3, -0.25) is 4.68 Å². The van der Waals surface area contributed by atoms with E-state index in [0.29, 0.717) is 6.61 Å². The van der Waals surface area contributed by atoms with Gasteiger partial charge < -0.3 is 15.2 Å². The highest BCUT2D eigenvalue weighted by atomic mass is 79.9. The van der Waals surface area contributed by atoms with Crippen LogP contribution in [0.4, 0.5) is 0 Å². The summed E-state index contributed by atoms with van der Waals surface area (Å²) in [6.07, 6.45) is 1.49. The third kappa shape index (κ3) is 2.21. The molecule has 0 fully saturated rings. The van der Waals surface area contributed by atoms with E-state index in [2.05, 4.69) is 21.0 Å². The van der Waals surface area contributed by atoms with Crippen molar-refractivity contribution in [2.75, 3.05) is 6.61 Å². The molecule has 3 rings (SSSR count). The summed E-state index contributed by atoms with van der Waals surface area (Å²) in [4.78, 5) is 0. The first kappa shape index (κ1) is 12.5. The molecule has 0 bridgehead atoms. The Balaban J connectivity index is 1.85. The fourth-order valence-electron chi connectivity index (χ4n) is 2.18. The Hall–Kier alpha value is -1.53. The highest BCUT2D eigenvalue weighted by Crippen LogP contribution is 2.34. The van der Waals surface area contributed by atoms with Crippen molar-refractivity contribution in [1.29, 1.82) is 0 Å². The smallest absolute Gasteiger partial charge is 0.161 e. The van der Waals surface area contributed by atoms with Crippen LogP contribution < -0.4 is 15.2 Å². The minimum atomic E-state index is -0.310. The van der Waals surface area contributed by atoms with Gasteiger partial charge in [0.15, 0.2) is 17.6 Å². The maximum atomic E-state index is 6.28. The molecule has 0 amide bonds. The van der Waals surface area contributed by atoms with Gasteiger partial charge in [0.1, 0.15) is 6.61 Å². The standard InChI is InChI=1S/C13H14BrN3O2/c1-17-13(8(14)6-16-17)12(15)11-7-18-9-4-2-3-5-10(9)19-11/h2-6,11-12H,7,15H2,1H3. The molecule has 0 spiro atoms. The van der Waals surface area contributed by atoms with E-state index < -0.39 is 0 Å². The van der Waals surface area contributed by atoms with Crippen molar-refractivity contribution in [3.05, 3.63) is 40.6 Å². The molecule has 2 N–H and O–H groups in total. The number of hydrogen-bond acceptors (Lipinski definition) is 4. The molecule has 2 heterocycles. The number of benzene rings is 1. The van der Waals surface area contributed by atoms with Crippen LogP contribution in [-0.4, -0.2) is 22.5 Å². The SMILES string of the molecule is Cn1ncc(Br)c1C(N)C1COc2ccccc2O1. The zero-order valence-corrected chi connectivity index (χ0v) is 12.0. The summed E-state index contributed by atoms with van der Waals surface area (Å²) >= 11 is 3.46. The number of hydrogen-bond donors (Lipinski definition) is 1. The molecule has 0 aliphatic carbocycles. The highest BCUT2D eigenvalue weighted by Gasteiger charge is 2.30. The van der Waals surface area contributed by atoms with E-state index >= 15 is 0 Å². The van der Waals surface area contributed by atoms with E-state index in [1.165, 1.54) is 0 Å². The average molecular weight is 324 g/mol. The van der Waals surface area contributed by atoms with Crippen molar-refractivity contribution in [3.8, 4) is 11.5 Å². The van der Waals surface area contributed by atoms with Crippen LogP contribution in [0.15, 0.2) is 34.9 Å². The largest absolute Gasteiger partial charge is 0.486 e. The normalized spacial score (nSPS) is 19.2. The van der Waals surface area contributed by atoms with E-state index in [0.717, 1.165) is 21.7 Å². The van der Waals surface area contributed by atoms with Gasteiger partial charge in [0.05, 0.1) is 22.4 Å². The van der Waals surface area contributed by atoms with E-state index in [4.69, 9.17) is 15.2 Å². The minimum Gasteiger partial charge on any atom is -0.486 e. The molecule has 1 aromatic heterocycles. The summed E-state index contributed by atoms with van der Waals surface area (Å²) in [7, 11) is 1.86. The Morgan fingerprint density at radius 2 is 2.16 bits per heavy atom. The molecular formula is C13H14BrN3O2. The molecule has 0 radical (unpaired) electrons. The molecule has 0 saturated heterocycles. The Kier molecular flexibility index (Phi) is 3.20. The number of aryl methyl sites for hydroxylation is 1. The molecule has 1 aliphatic heterocycles. The molecule has 0 saturated carbocycles. The third-order valence-electron chi connectivity index (χ3n) is 3.18. The summed E-state index contributed by atoms with van der Waals surface area (Å²) in [6.45, 7) is 0.426. The van der Waals surface area contributed by atoms with Gasteiger partial charge in [-0.25, -0.2) is 0 Å². The lowest BCUT2D eigenvalue weighted by molar-refractivity contribution is 0.0700. The average Bonchev–Trinajstić information content (AvgIpc) is 2.77. The number of aromatic nitrogens is 2. The summed E-state index contributed by atoms with van der Waals surface area (Å²) in [5.41, 5.74) is 7.17. The predicted molar refractivity (Wildman–Crippen MR) is 74.2 cm³/mol. The molecule has 6 heteroatoms. The van der Waals surface area contributed by atoms with Gasteiger partial charge in [0, 0.05) is 7.05 Å². The number of nitrogens with two attached hydrogens (primary N) is 1. The quantitative estimate of drug-likeness (QED) is 0.918. The second kappa shape index (κ2) is 4.86. The lowest BCUT2D eigenvalue weighted by atomic mass is 10.1. The first-order valence-electron chi connectivity index (χ1n) is 5.98. The maximum absolute atomic E-state index is 6.28. The van der Waals surface area contributed by atoms with E-state index in [9.17, 15) is 0 Å². The van der Waals surface area contributed by atoms with Crippen LogP contribution in [0.3, 0.4) is 0 Å². The lowest BCUT2D eigenvalue weighted by Crippen LogP contribution is -2.40. The number of nitrogens with zero attached hydrogens (tertiary/aromatic N) is 2. The van der Waals surface area contributed by atoms with E-state index in [-0.39, 0.29) is 12.1 Å². The van der Waals surface area contributed by atoms with Gasteiger partial charge in [-0.1, -0.05) is 12.1 Å². The van der Waals surface area contributed by atoms with Gasteiger partial charge in [0.25, 0.3) is 0 Å². The van der Waals surface area contributed by atoms with E-state index in [1.54, 1.807) is 10.9 Å². The number of ether oxygens (including phenoxy) is 2. The summed E-state index contributed by atoms with van der Waals surface area (Å²) < 4.78 is 14.2. The van der Waals surface area contributed by atoms with Crippen molar-refractivity contribution >= 4 is 15.9 Å². The van der Waals surface area contributed by atoms with Crippen molar-refractivity contribution < 1.29 is 9.47 Å². The maximum Gasteiger partial charge on any atom is 0.161 e. The number of halogens is 1. The molecule has 19 heavy (non-hydrogen) atoms. The molecule has 1 aliphatic rings. The van der Waals surface area contributed by atoms with Crippen molar-refractivity contribution in [2.24, 2.45) is 12.8 Å². The van der Waals surface area contributed by atoms with Crippen molar-refractivity contribution in [2.45, 2.75) is 12.1 Å². The minimum absolute atomic E-state index is 0.235. The van der Waals surface area contributed by atoms with Crippen LogP contribution in [0.25, 0.3) is 0 Å². The molecule has 2 aromatic rings. The molecular weight excluding hydrogens is 310 g/mol. The van der Waals surface area contributed by atoms with Gasteiger partial charge in [-0.15, -0.1) is 0 Å². The fourth-order valence-corrected chi connectivity index (χ4v) is 2.80. The second-order valence-corrected chi connectivity index (χ2v) is 5.30. The Morgan fingerprint density at radius 3 is 2.84 bits per heavy atom. The van der Waals surface area contributed by atoms with Crippen LogP contribution in [-0.2, 0) is 7.05 Å². The molecule has 1 aromatic carbocycles. The van der Waals surface area contributed by atoms with Crippen molar-refractivity contribution in [1.82, 2.24) is 9.78 Å². The summed E-state index contributed by atoms with van der Waals surface area (Å²) in [5, 5.41) is 4.17. The monoisotopic (exact) mass is 323 g/mol. The van der Waals surface area contributed by atoms with Gasteiger partial charge in [0.2, 0.25) is 0 Å². The molecule has 2 unspecified atom stereocenters. The van der Waals surface area contributed by atoms with Gasteiger partial charge >= 0.3 is 0 Å². The van der Waals surface area contributed by atoms with E-state index in [1.807, 2.05) is 31.3 Å². The van der Waals surface area contributed by atoms with Crippen LogP contribution in [0.1, 0.15) is 11.7 Å². The Morgan fingerprint density at radius 1 is 1.42 bits per heavy atom. The first-order chi connectivity index (χ1) is 9.16. The predicted octanol–water partition coefficient (Wildman–Crippen LogP) is 2.02. The first-order valence-corrected chi connectivity index (χ1v) is 6.77. The van der Waals surface area contributed by atoms with Gasteiger partial charge in [-0.05, 0) is 28.1 Å². The zero-order valence-electron chi connectivity index (χ0n) is 10.4. The molecule has 100 valence electrons. The van der Waals surface area contributed by atoms with Crippen LogP contribution in [0, 0.1) is 0 Å². The number of para-hydroxylation sites is 2. The van der Waals surface area contributed by atoms with Crippen molar-refractivity contribution in [3.63, 3.8) is 0 Å². The summed E-state index contributed by atoms with van der Waals surface area (Å²) in [6, 6.07) is 7.29. The number of rotatable bonds is 2. The zero-order chi connectivity index (χ0) is 13.4. The Bertz CT molecular complexity index is 580. The van der Waals surface area contributed by atoms with Gasteiger partial charge in [-0.2, -0.15) is 5.10 Å².